The number of carbonyl (C=O) groups is 2. The number of nitrogens with one attached hydrogen (secondary N) is 1. The van der Waals surface area contributed by atoms with Crippen molar-refractivity contribution >= 4 is 23.8 Å². The predicted molar refractivity (Wildman–Crippen MR) is 69.5 cm³/mol. The zero-order valence-corrected chi connectivity index (χ0v) is 11.1. The molecule has 2 heterocycles. The lowest BCUT2D eigenvalue weighted by molar-refractivity contribution is -0.141. The molecular formula is C11H14N4O3S. The van der Waals surface area contributed by atoms with Crippen molar-refractivity contribution in [1.29, 1.82) is 0 Å². The Morgan fingerprint density at radius 1 is 1.63 bits per heavy atom. The molecule has 0 saturated carbocycles. The van der Waals surface area contributed by atoms with Gasteiger partial charge in [-0.2, -0.15) is 10.2 Å². The molecule has 0 aromatic carbocycles. The van der Waals surface area contributed by atoms with Gasteiger partial charge in [-0.1, -0.05) is 0 Å². The second kappa shape index (κ2) is 5.87. The van der Waals surface area contributed by atoms with Crippen LogP contribution in [-0.2, 0) is 11.3 Å². The number of hydrogen-bond acceptors (Lipinski definition) is 5. The Kier molecular flexibility index (Phi) is 4.20. The van der Waals surface area contributed by atoms with E-state index in [2.05, 4.69) is 15.5 Å². The summed E-state index contributed by atoms with van der Waals surface area (Å²) in [7, 11) is 0. The van der Waals surface area contributed by atoms with Gasteiger partial charge in [0.2, 0.25) is 0 Å². The molecule has 102 valence electrons. The first-order chi connectivity index (χ1) is 9.09. The number of rotatable bonds is 3. The van der Waals surface area contributed by atoms with Crippen molar-refractivity contribution in [2.45, 2.75) is 24.9 Å². The van der Waals surface area contributed by atoms with E-state index in [9.17, 15) is 9.59 Å². The van der Waals surface area contributed by atoms with Crippen LogP contribution in [0.15, 0.2) is 18.3 Å². The molecule has 1 aromatic heterocycles. The second-order valence-corrected chi connectivity index (χ2v) is 5.42. The van der Waals surface area contributed by atoms with Gasteiger partial charge in [-0.15, -0.1) is 11.8 Å². The minimum atomic E-state index is -0.980. The molecular weight excluding hydrogens is 268 g/mol. The van der Waals surface area contributed by atoms with Crippen molar-refractivity contribution in [1.82, 2.24) is 20.4 Å². The molecule has 7 nitrogen and oxygen atoms in total. The molecule has 1 aliphatic rings. The van der Waals surface area contributed by atoms with Crippen molar-refractivity contribution in [3.8, 4) is 0 Å². The van der Waals surface area contributed by atoms with E-state index in [0.29, 0.717) is 11.4 Å². The number of carboxylic acids is 1. The number of amides is 2. The van der Waals surface area contributed by atoms with Crippen LogP contribution in [0, 0.1) is 0 Å². The van der Waals surface area contributed by atoms with Gasteiger partial charge in [0.1, 0.15) is 6.04 Å². The number of thioether (sulfide) groups is 1. The van der Waals surface area contributed by atoms with E-state index in [1.807, 2.05) is 6.92 Å². The van der Waals surface area contributed by atoms with Crippen LogP contribution in [0.25, 0.3) is 0 Å². The average molecular weight is 282 g/mol. The lowest BCUT2D eigenvalue weighted by Crippen LogP contribution is -2.49. The topological polar surface area (TPSA) is 95.4 Å². The maximum atomic E-state index is 12.0. The van der Waals surface area contributed by atoms with Gasteiger partial charge in [-0.3, -0.25) is 4.90 Å². The van der Waals surface area contributed by atoms with Gasteiger partial charge in [0, 0.05) is 11.9 Å². The van der Waals surface area contributed by atoms with E-state index >= 15 is 0 Å². The number of hydrogen-bond donors (Lipinski definition) is 2. The molecule has 1 saturated heterocycles. The van der Waals surface area contributed by atoms with E-state index in [1.165, 1.54) is 16.7 Å². The Hall–Kier alpha value is -1.83. The zero-order valence-electron chi connectivity index (χ0n) is 10.3. The monoisotopic (exact) mass is 282 g/mol. The summed E-state index contributed by atoms with van der Waals surface area (Å²) in [6.45, 7) is 2.04. The second-order valence-electron chi connectivity index (χ2n) is 4.07. The Bertz CT molecular complexity index is 470. The van der Waals surface area contributed by atoms with E-state index < -0.39 is 18.0 Å². The van der Waals surface area contributed by atoms with Gasteiger partial charge in [0.15, 0.2) is 0 Å². The highest BCUT2D eigenvalue weighted by Gasteiger charge is 2.39. The lowest BCUT2D eigenvalue weighted by atomic mass is 10.3. The largest absolute Gasteiger partial charge is 0.480 e. The molecule has 2 unspecified atom stereocenters. The minimum absolute atomic E-state index is 0.150. The van der Waals surface area contributed by atoms with Crippen LogP contribution >= 0.6 is 11.8 Å². The summed E-state index contributed by atoms with van der Waals surface area (Å²) in [6.07, 6.45) is 1.55. The van der Waals surface area contributed by atoms with E-state index in [0.717, 1.165) is 0 Å². The van der Waals surface area contributed by atoms with E-state index in [4.69, 9.17) is 5.11 Å². The average Bonchev–Trinajstić information content (AvgIpc) is 2.79. The molecule has 0 spiro atoms. The fourth-order valence-corrected chi connectivity index (χ4v) is 2.99. The van der Waals surface area contributed by atoms with Crippen LogP contribution in [0.4, 0.5) is 4.79 Å². The van der Waals surface area contributed by atoms with Crippen molar-refractivity contribution in [3.05, 3.63) is 24.0 Å². The van der Waals surface area contributed by atoms with Crippen LogP contribution in [0.5, 0.6) is 0 Å². The molecule has 2 N–H and O–H groups in total. The number of aromatic nitrogens is 2. The molecule has 8 heteroatoms. The van der Waals surface area contributed by atoms with Gasteiger partial charge in [-0.05, 0) is 19.1 Å². The van der Waals surface area contributed by atoms with Gasteiger partial charge >= 0.3 is 12.0 Å². The number of urea groups is 1. The maximum absolute atomic E-state index is 12.0. The highest BCUT2D eigenvalue weighted by molar-refractivity contribution is 8.00. The summed E-state index contributed by atoms with van der Waals surface area (Å²) < 4.78 is 0. The number of aliphatic carboxylic acids is 1. The van der Waals surface area contributed by atoms with E-state index in [-0.39, 0.29) is 11.9 Å². The SMILES string of the molecule is CC1SCC(C(=O)O)N1C(=O)NCc1cccnn1. The molecule has 2 atom stereocenters. The quantitative estimate of drug-likeness (QED) is 0.840. The van der Waals surface area contributed by atoms with Gasteiger partial charge < -0.3 is 10.4 Å². The van der Waals surface area contributed by atoms with Crippen molar-refractivity contribution in [3.63, 3.8) is 0 Å². The highest BCUT2D eigenvalue weighted by Crippen LogP contribution is 2.28. The van der Waals surface area contributed by atoms with Crippen molar-refractivity contribution < 1.29 is 14.7 Å². The van der Waals surface area contributed by atoms with Gasteiger partial charge in [0.05, 0.1) is 17.6 Å². The Labute approximate surface area is 114 Å². The van der Waals surface area contributed by atoms with Crippen LogP contribution in [0.2, 0.25) is 0 Å². The summed E-state index contributed by atoms with van der Waals surface area (Å²) >= 11 is 1.45. The molecule has 1 aromatic rings. The van der Waals surface area contributed by atoms with Crippen LogP contribution in [-0.4, -0.2) is 49.4 Å². The minimum Gasteiger partial charge on any atom is -0.480 e. The number of nitrogens with zero attached hydrogens (tertiary/aromatic N) is 3. The lowest BCUT2D eigenvalue weighted by Gasteiger charge is -2.25. The molecule has 0 radical (unpaired) electrons. The molecule has 2 amide bonds. The first kappa shape index (κ1) is 13.6. The Morgan fingerprint density at radius 3 is 3.05 bits per heavy atom. The first-order valence-corrected chi connectivity index (χ1v) is 6.81. The third-order valence-corrected chi connectivity index (χ3v) is 4.01. The summed E-state index contributed by atoms with van der Waals surface area (Å²) in [6, 6.07) is 2.30. The summed E-state index contributed by atoms with van der Waals surface area (Å²) in [4.78, 5) is 24.5. The third kappa shape index (κ3) is 3.14. The maximum Gasteiger partial charge on any atom is 0.327 e. The normalized spacial score (nSPS) is 22.3. The zero-order chi connectivity index (χ0) is 13.8. The number of carbonyl (C=O) groups excluding carboxylic acids is 1. The third-order valence-electron chi connectivity index (χ3n) is 2.79. The predicted octanol–water partition coefficient (Wildman–Crippen LogP) is 0.534. The summed E-state index contributed by atoms with van der Waals surface area (Å²) in [5.41, 5.74) is 0.627. The molecule has 1 aliphatic heterocycles. The first-order valence-electron chi connectivity index (χ1n) is 5.76. The fraction of sp³-hybridized carbons (Fsp3) is 0.455. The number of carboxylic acid groups (broad SMARTS) is 1. The fourth-order valence-electron chi connectivity index (χ4n) is 1.83. The molecule has 2 rings (SSSR count). The van der Waals surface area contributed by atoms with Crippen molar-refractivity contribution in [2.75, 3.05) is 5.75 Å². The highest BCUT2D eigenvalue weighted by atomic mass is 32.2. The summed E-state index contributed by atoms with van der Waals surface area (Å²) in [5.74, 6) is -0.568. The smallest absolute Gasteiger partial charge is 0.327 e. The van der Waals surface area contributed by atoms with E-state index in [1.54, 1.807) is 18.3 Å². The van der Waals surface area contributed by atoms with Crippen molar-refractivity contribution in [2.24, 2.45) is 0 Å². The van der Waals surface area contributed by atoms with Crippen LogP contribution in [0.1, 0.15) is 12.6 Å². The molecule has 19 heavy (non-hydrogen) atoms. The molecule has 1 fully saturated rings. The summed E-state index contributed by atoms with van der Waals surface area (Å²) in [5, 5.41) is 19.1. The molecule has 0 bridgehead atoms. The van der Waals surface area contributed by atoms with Crippen LogP contribution < -0.4 is 5.32 Å². The Morgan fingerprint density at radius 2 is 2.42 bits per heavy atom. The Balaban J connectivity index is 1.97. The van der Waals surface area contributed by atoms with Gasteiger partial charge in [-0.25, -0.2) is 9.59 Å². The van der Waals surface area contributed by atoms with Gasteiger partial charge in [0.25, 0.3) is 0 Å². The van der Waals surface area contributed by atoms with Crippen LogP contribution in [0.3, 0.4) is 0 Å². The standard InChI is InChI=1S/C11H14N4O3S/c1-7-15(9(6-19-7)10(16)17)11(18)12-5-8-3-2-4-13-14-8/h2-4,7,9H,5-6H2,1H3,(H,12,18)(H,16,17). The molecule has 0 aliphatic carbocycles.